The lowest BCUT2D eigenvalue weighted by atomic mass is 9.90. The van der Waals surface area contributed by atoms with Gasteiger partial charge in [0.1, 0.15) is 12.1 Å². The molecule has 8 aromatic carbocycles. The molecule has 4 heteroatoms. The molecule has 250 valence electrons. The van der Waals surface area contributed by atoms with Crippen molar-refractivity contribution in [2.45, 2.75) is 0 Å². The van der Waals surface area contributed by atoms with E-state index in [1.54, 1.807) is 6.07 Å². The summed E-state index contributed by atoms with van der Waals surface area (Å²) in [6, 6.07) is 68.1. The van der Waals surface area contributed by atoms with Gasteiger partial charge in [-0.1, -0.05) is 127 Å². The normalized spacial score (nSPS) is 11.3. The van der Waals surface area contributed by atoms with Gasteiger partial charge >= 0.3 is 0 Å². The molecular formula is C50H30N4. The summed E-state index contributed by atoms with van der Waals surface area (Å²) in [5, 5.41) is 24.4. The van der Waals surface area contributed by atoms with Gasteiger partial charge in [-0.25, -0.2) is 0 Å². The second-order valence-corrected chi connectivity index (χ2v) is 13.5. The summed E-state index contributed by atoms with van der Waals surface area (Å²) < 4.78 is 4.87. The molecule has 0 aliphatic rings. The number of nitrogens with zero attached hydrogens (tertiary/aromatic N) is 4. The van der Waals surface area contributed by atoms with Gasteiger partial charge in [-0.2, -0.15) is 10.5 Å². The second-order valence-electron chi connectivity index (χ2n) is 13.5. The fraction of sp³-hybridized carbons (Fsp3) is 0. The van der Waals surface area contributed by atoms with Crippen LogP contribution >= 0.6 is 0 Å². The van der Waals surface area contributed by atoms with Crippen LogP contribution in [-0.2, 0) is 0 Å². The summed E-state index contributed by atoms with van der Waals surface area (Å²) >= 11 is 0. The van der Waals surface area contributed by atoms with Crippen LogP contribution in [0.4, 0.5) is 0 Å². The van der Waals surface area contributed by atoms with Crippen molar-refractivity contribution in [1.82, 2.24) is 9.13 Å². The first-order chi connectivity index (χ1) is 26.7. The minimum absolute atomic E-state index is 0.363. The molecule has 10 aromatic rings. The number of aromatic nitrogens is 2. The summed E-state index contributed by atoms with van der Waals surface area (Å²) in [6.07, 6.45) is 0. The molecular weight excluding hydrogens is 657 g/mol. The highest BCUT2D eigenvalue weighted by Crippen LogP contribution is 2.46. The van der Waals surface area contributed by atoms with Crippen LogP contribution in [0.2, 0.25) is 0 Å². The summed E-state index contributed by atoms with van der Waals surface area (Å²) in [4.78, 5) is 0. The van der Waals surface area contributed by atoms with E-state index in [0.717, 1.165) is 55.8 Å². The average Bonchev–Trinajstić information content (AvgIpc) is 3.76. The number of hydrogen-bond donors (Lipinski definition) is 0. The topological polar surface area (TPSA) is 57.4 Å². The Morgan fingerprint density at radius 3 is 1.56 bits per heavy atom. The lowest BCUT2D eigenvalue weighted by molar-refractivity contribution is 1.18. The lowest BCUT2D eigenvalue weighted by Gasteiger charge is -2.21. The third-order valence-electron chi connectivity index (χ3n) is 10.6. The van der Waals surface area contributed by atoms with E-state index in [1.807, 2.05) is 24.3 Å². The van der Waals surface area contributed by atoms with Gasteiger partial charge in [-0.3, -0.25) is 0 Å². The zero-order valence-electron chi connectivity index (χ0n) is 29.1. The Morgan fingerprint density at radius 2 is 0.926 bits per heavy atom. The average molecular weight is 687 g/mol. The van der Waals surface area contributed by atoms with Crippen molar-refractivity contribution in [3.63, 3.8) is 0 Å². The molecule has 0 saturated carbocycles. The van der Waals surface area contributed by atoms with Gasteiger partial charge in [0.05, 0.1) is 38.9 Å². The number of fused-ring (bicyclic) bond motifs is 7. The minimum Gasteiger partial charge on any atom is -0.309 e. The van der Waals surface area contributed by atoms with E-state index in [4.69, 9.17) is 0 Å². The van der Waals surface area contributed by atoms with Crippen molar-refractivity contribution in [1.29, 1.82) is 10.5 Å². The molecule has 0 atom stereocenters. The fourth-order valence-corrected chi connectivity index (χ4v) is 8.23. The van der Waals surface area contributed by atoms with Crippen molar-refractivity contribution in [2.75, 3.05) is 0 Å². The molecule has 0 radical (unpaired) electrons. The molecule has 0 N–H and O–H groups in total. The van der Waals surface area contributed by atoms with E-state index >= 15 is 0 Å². The first-order valence-electron chi connectivity index (χ1n) is 18.0. The molecule has 0 unspecified atom stereocenters. The molecule has 0 fully saturated rings. The number of para-hydroxylation sites is 3. The number of hydrogen-bond acceptors (Lipinski definition) is 2. The van der Waals surface area contributed by atoms with E-state index in [-0.39, 0.29) is 0 Å². The second kappa shape index (κ2) is 12.5. The monoisotopic (exact) mass is 686 g/mol. The van der Waals surface area contributed by atoms with Crippen LogP contribution in [0, 0.1) is 22.7 Å². The van der Waals surface area contributed by atoms with Crippen LogP contribution < -0.4 is 0 Å². The highest BCUT2D eigenvalue weighted by molar-refractivity contribution is 6.26. The van der Waals surface area contributed by atoms with Crippen LogP contribution in [0.5, 0.6) is 0 Å². The van der Waals surface area contributed by atoms with Crippen molar-refractivity contribution in [3.8, 4) is 56.9 Å². The Balaban J connectivity index is 1.39. The van der Waals surface area contributed by atoms with Gasteiger partial charge in [0.2, 0.25) is 0 Å². The molecule has 4 nitrogen and oxygen atoms in total. The summed E-state index contributed by atoms with van der Waals surface area (Å²) in [5.41, 5.74) is 13.6. The molecule has 0 bridgehead atoms. The van der Waals surface area contributed by atoms with E-state index < -0.39 is 0 Å². The summed E-state index contributed by atoms with van der Waals surface area (Å²) in [7, 11) is 0. The third-order valence-corrected chi connectivity index (χ3v) is 10.6. The molecule has 10 rings (SSSR count). The van der Waals surface area contributed by atoms with Gasteiger partial charge < -0.3 is 9.13 Å². The smallest absolute Gasteiger partial charge is 0.101 e. The van der Waals surface area contributed by atoms with Gasteiger partial charge in [0.15, 0.2) is 0 Å². The number of nitriles is 2. The minimum atomic E-state index is 0.363. The molecule has 0 aliphatic carbocycles. The zero-order valence-corrected chi connectivity index (χ0v) is 29.1. The predicted octanol–water partition coefficient (Wildman–Crippen LogP) is 12.6. The van der Waals surface area contributed by atoms with E-state index in [1.165, 1.54) is 32.6 Å². The van der Waals surface area contributed by atoms with Crippen molar-refractivity contribution in [2.24, 2.45) is 0 Å². The molecule has 0 amide bonds. The molecule has 2 heterocycles. The lowest BCUT2D eigenvalue weighted by Crippen LogP contribution is -2.02. The Hall–Kier alpha value is -7.66. The largest absolute Gasteiger partial charge is 0.309 e. The molecule has 0 saturated heterocycles. The van der Waals surface area contributed by atoms with E-state index in [2.05, 4.69) is 173 Å². The van der Waals surface area contributed by atoms with Crippen LogP contribution in [0.1, 0.15) is 11.1 Å². The van der Waals surface area contributed by atoms with E-state index in [9.17, 15) is 10.5 Å². The fourth-order valence-electron chi connectivity index (χ4n) is 8.23. The van der Waals surface area contributed by atoms with Crippen molar-refractivity contribution in [3.05, 3.63) is 193 Å². The summed E-state index contributed by atoms with van der Waals surface area (Å²) in [6.45, 7) is 0. The van der Waals surface area contributed by atoms with E-state index in [0.29, 0.717) is 11.1 Å². The standard InChI is InChI=1S/C50H30N4/c51-31-36-25-24-35(28-38(36)32-52)37-29-43(33-14-4-1-5-15-33)49(44(30-37)34-16-6-2-7-17-34)54-46-23-13-11-21-42(46)48-47(54)27-26-41-40-20-10-12-22-45(40)53(50(41)48)39-18-8-3-9-19-39/h1-30H. The zero-order chi connectivity index (χ0) is 36.2. The highest BCUT2D eigenvalue weighted by atomic mass is 15.0. The Labute approximate surface area is 312 Å². The Kier molecular flexibility index (Phi) is 7.22. The van der Waals surface area contributed by atoms with Crippen molar-refractivity contribution < 1.29 is 0 Å². The van der Waals surface area contributed by atoms with Gasteiger partial charge in [0.25, 0.3) is 0 Å². The maximum atomic E-state index is 9.96. The highest BCUT2D eigenvalue weighted by Gasteiger charge is 2.25. The number of benzene rings is 8. The van der Waals surface area contributed by atoms with Crippen LogP contribution in [0.25, 0.3) is 88.4 Å². The molecule has 2 aromatic heterocycles. The van der Waals surface area contributed by atoms with Gasteiger partial charge in [-0.15, -0.1) is 0 Å². The molecule has 0 aliphatic heterocycles. The van der Waals surface area contributed by atoms with Gasteiger partial charge in [-0.05, 0) is 76.9 Å². The maximum absolute atomic E-state index is 9.96. The first-order valence-corrected chi connectivity index (χ1v) is 18.0. The Bertz CT molecular complexity index is 3100. The van der Waals surface area contributed by atoms with Crippen LogP contribution in [0.15, 0.2) is 182 Å². The third kappa shape index (κ3) is 4.76. The Morgan fingerprint density at radius 1 is 0.370 bits per heavy atom. The first kappa shape index (κ1) is 31.1. The molecule has 0 spiro atoms. The van der Waals surface area contributed by atoms with Gasteiger partial charge in [0, 0.05) is 38.4 Å². The number of rotatable bonds is 5. The predicted molar refractivity (Wildman–Crippen MR) is 221 cm³/mol. The van der Waals surface area contributed by atoms with Crippen molar-refractivity contribution >= 4 is 43.6 Å². The quantitative estimate of drug-likeness (QED) is 0.181. The van der Waals surface area contributed by atoms with Crippen LogP contribution in [0.3, 0.4) is 0 Å². The van der Waals surface area contributed by atoms with Crippen LogP contribution in [-0.4, -0.2) is 9.13 Å². The maximum Gasteiger partial charge on any atom is 0.101 e. The summed E-state index contributed by atoms with van der Waals surface area (Å²) in [5.74, 6) is 0. The SMILES string of the molecule is N#Cc1ccc(-c2cc(-c3ccccc3)c(-n3c4ccccc4c4c3ccc3c5ccccc5n(-c5ccccc5)c34)c(-c3ccccc3)c2)cc1C#N. The molecule has 54 heavy (non-hydrogen) atoms.